The zero-order valence-corrected chi connectivity index (χ0v) is 20.6. The van der Waals surface area contributed by atoms with Crippen LogP contribution in [0.3, 0.4) is 0 Å². The summed E-state index contributed by atoms with van der Waals surface area (Å²) in [5, 5.41) is 3.95. The second kappa shape index (κ2) is 8.17. The van der Waals surface area contributed by atoms with Gasteiger partial charge in [-0.15, -0.1) is 0 Å². The van der Waals surface area contributed by atoms with Crippen LogP contribution < -0.4 is 4.90 Å². The summed E-state index contributed by atoms with van der Waals surface area (Å²) in [5.41, 5.74) is 5.71. The van der Waals surface area contributed by atoms with Crippen LogP contribution in [0.1, 0.15) is 42.9 Å². The number of benzene rings is 2. The third-order valence-corrected chi connectivity index (χ3v) is 8.26. The number of halogens is 1. The maximum Gasteiger partial charge on any atom is 0.251 e. The quantitative estimate of drug-likeness (QED) is 0.621. The van der Waals surface area contributed by atoms with E-state index >= 15 is 4.39 Å². The first-order chi connectivity index (χ1) is 16.9. The summed E-state index contributed by atoms with van der Waals surface area (Å²) >= 11 is 0. The number of hydrazine groups is 1. The number of aromatic nitrogens is 2. The van der Waals surface area contributed by atoms with Crippen LogP contribution in [-0.2, 0) is 4.79 Å². The number of allylic oxidation sites excluding steroid dienone is 1. The van der Waals surface area contributed by atoms with Gasteiger partial charge in [0.05, 0.1) is 23.4 Å². The van der Waals surface area contributed by atoms with Crippen molar-refractivity contribution in [1.82, 2.24) is 24.9 Å². The molecule has 35 heavy (non-hydrogen) atoms. The maximum atomic E-state index is 16.4. The van der Waals surface area contributed by atoms with Gasteiger partial charge in [-0.2, -0.15) is 0 Å². The molecule has 0 saturated carbocycles. The van der Waals surface area contributed by atoms with Gasteiger partial charge in [0.15, 0.2) is 0 Å². The molecule has 1 aromatic heterocycles. The van der Waals surface area contributed by atoms with E-state index in [0.29, 0.717) is 5.56 Å². The molecule has 3 aliphatic rings. The molecule has 6 rings (SSSR count). The summed E-state index contributed by atoms with van der Waals surface area (Å²) in [6, 6.07) is 10.5. The number of carbonyl (C=O) groups is 1. The van der Waals surface area contributed by atoms with Gasteiger partial charge in [-0.05, 0) is 69.6 Å². The Hall–Kier alpha value is -3.23. The number of carbonyl (C=O) groups excluding carboxylic acids is 1. The molecule has 7 nitrogen and oxygen atoms in total. The lowest BCUT2D eigenvalue weighted by Gasteiger charge is -2.32. The highest BCUT2D eigenvalue weighted by Crippen LogP contribution is 2.49. The Morgan fingerprint density at radius 1 is 1.03 bits per heavy atom. The molecule has 0 spiro atoms. The summed E-state index contributed by atoms with van der Waals surface area (Å²) in [4.78, 5) is 25.5. The Morgan fingerprint density at radius 3 is 2.54 bits per heavy atom. The van der Waals surface area contributed by atoms with Crippen LogP contribution in [0.2, 0.25) is 0 Å². The molecule has 0 bridgehead atoms. The molecule has 2 unspecified atom stereocenters. The minimum absolute atomic E-state index is 0.0424. The van der Waals surface area contributed by atoms with Crippen LogP contribution in [0, 0.1) is 5.82 Å². The summed E-state index contributed by atoms with van der Waals surface area (Å²) in [7, 11) is 5.99. The smallest absolute Gasteiger partial charge is 0.251 e. The van der Waals surface area contributed by atoms with E-state index in [1.54, 1.807) is 11.2 Å². The van der Waals surface area contributed by atoms with Crippen LogP contribution in [0.15, 0.2) is 54.0 Å². The molecule has 0 radical (unpaired) electrons. The standard InChI is InChI=1S/C27H31FN6O/c1-16-23-25(20-7-5-6-19(24(20)28)17-10-12-31(2)13-11-17)34(27(35)26(23)33(4)32(16)3)18-8-9-21-22(14-18)30-15-29-21/h5-9,14-15,17,25-26H,10-13H2,1-4H3,(H,29,30). The maximum absolute atomic E-state index is 16.4. The number of likely N-dealkylation sites (N-methyl/N-ethyl adjacent to an activating group) is 1. The predicted octanol–water partition coefficient (Wildman–Crippen LogP) is 4.03. The molecule has 3 aromatic rings. The fourth-order valence-electron chi connectivity index (χ4n) is 6.10. The molecule has 8 heteroatoms. The average molecular weight is 475 g/mol. The largest absolute Gasteiger partial charge is 0.345 e. The summed E-state index contributed by atoms with van der Waals surface area (Å²) in [5.74, 6) is -0.0253. The molecule has 2 fully saturated rings. The monoisotopic (exact) mass is 474 g/mol. The molecule has 1 N–H and O–H groups in total. The molecule has 1 amide bonds. The van der Waals surface area contributed by atoms with Gasteiger partial charge < -0.3 is 14.9 Å². The van der Waals surface area contributed by atoms with Crippen LogP contribution in [0.4, 0.5) is 10.1 Å². The average Bonchev–Trinajstić information content (AvgIpc) is 3.50. The Labute approximate surface area is 204 Å². The van der Waals surface area contributed by atoms with E-state index < -0.39 is 12.1 Å². The van der Waals surface area contributed by atoms with E-state index in [9.17, 15) is 4.79 Å². The Balaban J connectivity index is 1.51. The highest BCUT2D eigenvalue weighted by Gasteiger charge is 2.53. The number of imidazole rings is 1. The van der Waals surface area contributed by atoms with Crippen LogP contribution in [-0.4, -0.2) is 71.1 Å². The topological polar surface area (TPSA) is 58.7 Å². The number of nitrogens with zero attached hydrogens (tertiary/aromatic N) is 5. The Bertz CT molecular complexity index is 1340. The van der Waals surface area contributed by atoms with Crippen molar-refractivity contribution in [3.63, 3.8) is 0 Å². The SMILES string of the molecule is CC1=C2C(c3cccc(C4CCN(C)CC4)c3F)N(c3ccc4nc[nH]c4c3)C(=O)C2N(C)N1C. The fourth-order valence-corrected chi connectivity index (χ4v) is 6.10. The van der Waals surface area contributed by atoms with Gasteiger partial charge >= 0.3 is 0 Å². The van der Waals surface area contributed by atoms with Crippen molar-refractivity contribution in [2.24, 2.45) is 0 Å². The van der Waals surface area contributed by atoms with Crippen molar-refractivity contribution >= 4 is 22.6 Å². The Kier molecular flexibility index (Phi) is 5.19. The van der Waals surface area contributed by atoms with E-state index in [-0.39, 0.29) is 17.6 Å². The first-order valence-electron chi connectivity index (χ1n) is 12.3. The number of anilines is 1. The summed E-state index contributed by atoms with van der Waals surface area (Å²) in [6.07, 6.45) is 3.53. The summed E-state index contributed by atoms with van der Waals surface area (Å²) < 4.78 is 16.4. The molecular weight excluding hydrogens is 443 g/mol. The highest BCUT2D eigenvalue weighted by atomic mass is 19.1. The molecular formula is C27H31FN6O. The summed E-state index contributed by atoms with van der Waals surface area (Å²) in [6.45, 7) is 3.95. The second-order valence-corrected chi connectivity index (χ2v) is 10.1. The van der Waals surface area contributed by atoms with Crippen LogP contribution >= 0.6 is 0 Å². The van der Waals surface area contributed by atoms with E-state index in [0.717, 1.165) is 59.5 Å². The number of rotatable bonds is 3. The van der Waals surface area contributed by atoms with E-state index in [4.69, 9.17) is 0 Å². The van der Waals surface area contributed by atoms with E-state index in [1.807, 2.05) is 67.4 Å². The van der Waals surface area contributed by atoms with Crippen molar-refractivity contribution in [2.45, 2.75) is 37.8 Å². The fraction of sp³-hybridized carbons (Fsp3) is 0.407. The van der Waals surface area contributed by atoms with Gasteiger partial charge in [-0.25, -0.2) is 14.4 Å². The number of nitrogens with one attached hydrogen (secondary N) is 1. The number of H-pyrrole nitrogens is 1. The number of amides is 1. The molecule has 2 aromatic carbocycles. The zero-order valence-electron chi connectivity index (χ0n) is 20.6. The van der Waals surface area contributed by atoms with E-state index in [2.05, 4.69) is 21.9 Å². The lowest BCUT2D eigenvalue weighted by Crippen LogP contribution is -2.43. The number of fused-ring (bicyclic) bond motifs is 2. The number of likely N-dealkylation sites (tertiary alicyclic amines) is 1. The second-order valence-electron chi connectivity index (χ2n) is 10.1. The van der Waals surface area contributed by atoms with Gasteiger partial charge in [0.2, 0.25) is 0 Å². The molecule has 2 atom stereocenters. The van der Waals surface area contributed by atoms with E-state index in [1.165, 1.54) is 0 Å². The minimum Gasteiger partial charge on any atom is -0.345 e. The molecule has 182 valence electrons. The molecule has 4 heterocycles. The van der Waals surface area contributed by atoms with Crippen molar-refractivity contribution < 1.29 is 9.18 Å². The third-order valence-electron chi connectivity index (χ3n) is 8.26. The van der Waals surface area contributed by atoms with Gasteiger partial charge in [0, 0.05) is 36.6 Å². The van der Waals surface area contributed by atoms with Gasteiger partial charge in [0.1, 0.15) is 11.9 Å². The van der Waals surface area contributed by atoms with Crippen molar-refractivity contribution in [3.8, 4) is 0 Å². The molecule has 0 aliphatic carbocycles. The lowest BCUT2D eigenvalue weighted by atomic mass is 9.86. The van der Waals surface area contributed by atoms with Crippen molar-refractivity contribution in [3.05, 3.63) is 70.9 Å². The zero-order chi connectivity index (χ0) is 24.4. The van der Waals surface area contributed by atoms with Gasteiger partial charge in [-0.1, -0.05) is 18.2 Å². The van der Waals surface area contributed by atoms with Crippen molar-refractivity contribution in [2.75, 3.05) is 39.1 Å². The highest BCUT2D eigenvalue weighted by molar-refractivity contribution is 6.05. The first kappa shape index (κ1) is 22.2. The predicted molar refractivity (Wildman–Crippen MR) is 134 cm³/mol. The number of hydrogen-bond donors (Lipinski definition) is 1. The van der Waals surface area contributed by atoms with Gasteiger partial charge in [0.25, 0.3) is 5.91 Å². The third kappa shape index (κ3) is 3.31. The molecule has 3 aliphatic heterocycles. The van der Waals surface area contributed by atoms with Gasteiger partial charge in [-0.3, -0.25) is 9.69 Å². The normalized spacial score (nSPS) is 24.3. The van der Waals surface area contributed by atoms with Crippen LogP contribution in [0.25, 0.3) is 11.0 Å². The number of aromatic amines is 1. The molecule has 2 saturated heterocycles. The Morgan fingerprint density at radius 2 is 1.77 bits per heavy atom. The minimum atomic E-state index is -0.508. The first-order valence-corrected chi connectivity index (χ1v) is 12.3. The van der Waals surface area contributed by atoms with Crippen LogP contribution in [0.5, 0.6) is 0 Å². The number of piperidine rings is 1. The number of hydrogen-bond acceptors (Lipinski definition) is 5. The van der Waals surface area contributed by atoms with Crippen molar-refractivity contribution in [1.29, 1.82) is 0 Å². The lowest BCUT2D eigenvalue weighted by molar-refractivity contribution is -0.123.